The van der Waals surface area contributed by atoms with Crippen molar-refractivity contribution in [1.82, 2.24) is 4.98 Å². The molecule has 0 amide bonds. The summed E-state index contributed by atoms with van der Waals surface area (Å²) in [6, 6.07) is 5.70. The van der Waals surface area contributed by atoms with E-state index in [9.17, 15) is 0 Å². The summed E-state index contributed by atoms with van der Waals surface area (Å²) in [6.45, 7) is 2.22. The molecule has 0 fully saturated rings. The summed E-state index contributed by atoms with van der Waals surface area (Å²) < 4.78 is 0. The highest BCUT2D eigenvalue weighted by Gasteiger charge is 1.83. The summed E-state index contributed by atoms with van der Waals surface area (Å²) in [4.78, 5) is 4.11. The molecular formula is C17H19N. The minimum Gasteiger partial charge on any atom is -0.248 e. The Balaban J connectivity index is 2.22. The first-order valence-corrected chi connectivity index (χ1v) is 6.49. The van der Waals surface area contributed by atoms with E-state index in [0.717, 1.165) is 12.1 Å². The maximum absolute atomic E-state index is 4.11. The van der Waals surface area contributed by atoms with E-state index >= 15 is 0 Å². The standard InChI is InChI=1S/C17H19N/c1-2-3-4-5-6-7-8-9-10-11-14-17-15-12-13-16-18-17/h9-10,12-13,15-16H,2-6H2,1H3/b10-9-. The first kappa shape index (κ1) is 14.1. The predicted molar refractivity (Wildman–Crippen MR) is 76.8 cm³/mol. The predicted octanol–water partition coefficient (Wildman–Crippen LogP) is 3.96. The molecule has 1 heterocycles. The van der Waals surface area contributed by atoms with Crippen LogP contribution >= 0.6 is 0 Å². The van der Waals surface area contributed by atoms with E-state index in [1.165, 1.54) is 25.7 Å². The third-order valence-corrected chi connectivity index (χ3v) is 2.37. The Morgan fingerprint density at radius 3 is 2.78 bits per heavy atom. The number of nitrogens with zero attached hydrogens (tertiary/aromatic N) is 1. The summed E-state index contributed by atoms with van der Waals surface area (Å²) >= 11 is 0. The van der Waals surface area contributed by atoms with E-state index in [4.69, 9.17) is 0 Å². The molecule has 0 spiro atoms. The van der Waals surface area contributed by atoms with Gasteiger partial charge in [0.2, 0.25) is 0 Å². The van der Waals surface area contributed by atoms with Gasteiger partial charge in [-0.1, -0.05) is 50.0 Å². The van der Waals surface area contributed by atoms with Crippen molar-refractivity contribution in [2.75, 3.05) is 0 Å². The number of hydrogen-bond donors (Lipinski definition) is 0. The second kappa shape index (κ2) is 10.2. The minimum atomic E-state index is 0.787. The summed E-state index contributed by atoms with van der Waals surface area (Å²) in [6.07, 6.45) is 11.4. The molecule has 1 rings (SSSR count). The second-order valence-electron chi connectivity index (χ2n) is 3.95. The number of hydrogen-bond acceptors (Lipinski definition) is 1. The lowest BCUT2D eigenvalue weighted by Gasteiger charge is -1.91. The van der Waals surface area contributed by atoms with Crippen molar-refractivity contribution < 1.29 is 0 Å². The largest absolute Gasteiger partial charge is 0.248 e. The number of allylic oxidation sites excluding steroid dienone is 2. The first-order chi connectivity index (χ1) is 8.93. The Hall–Kier alpha value is -1.99. The molecule has 92 valence electrons. The molecule has 0 aromatic carbocycles. The second-order valence-corrected chi connectivity index (χ2v) is 3.95. The van der Waals surface area contributed by atoms with Gasteiger partial charge in [-0.2, -0.15) is 0 Å². The van der Waals surface area contributed by atoms with Gasteiger partial charge in [0.1, 0.15) is 5.69 Å². The maximum Gasteiger partial charge on any atom is 0.113 e. The molecule has 0 radical (unpaired) electrons. The molecule has 18 heavy (non-hydrogen) atoms. The molecule has 0 aliphatic heterocycles. The topological polar surface area (TPSA) is 12.9 Å². The van der Waals surface area contributed by atoms with Crippen LogP contribution in [0.1, 0.15) is 44.7 Å². The Morgan fingerprint density at radius 1 is 1.11 bits per heavy atom. The Bertz CT molecular complexity index is 463. The summed E-state index contributed by atoms with van der Waals surface area (Å²) in [5.41, 5.74) is 0.787. The summed E-state index contributed by atoms with van der Waals surface area (Å²) in [5.74, 6) is 12.0. The van der Waals surface area contributed by atoms with Crippen LogP contribution in [-0.4, -0.2) is 4.98 Å². The van der Waals surface area contributed by atoms with Crippen LogP contribution in [0.25, 0.3) is 0 Å². The molecular weight excluding hydrogens is 218 g/mol. The van der Waals surface area contributed by atoms with Crippen molar-refractivity contribution in [2.24, 2.45) is 0 Å². The van der Waals surface area contributed by atoms with E-state index in [1.807, 2.05) is 18.2 Å². The van der Waals surface area contributed by atoms with Crippen LogP contribution in [0.15, 0.2) is 36.5 Å². The van der Waals surface area contributed by atoms with E-state index in [2.05, 4.69) is 35.6 Å². The third-order valence-electron chi connectivity index (χ3n) is 2.37. The summed E-state index contributed by atoms with van der Waals surface area (Å²) in [5, 5.41) is 0. The van der Waals surface area contributed by atoms with Gasteiger partial charge in [0.05, 0.1) is 0 Å². The van der Waals surface area contributed by atoms with E-state index in [-0.39, 0.29) is 0 Å². The molecule has 1 aromatic heterocycles. The van der Waals surface area contributed by atoms with Gasteiger partial charge < -0.3 is 0 Å². The number of pyridine rings is 1. The molecule has 1 aromatic rings. The normalized spacial score (nSPS) is 9.39. The minimum absolute atomic E-state index is 0.787. The zero-order valence-corrected chi connectivity index (χ0v) is 10.9. The lowest BCUT2D eigenvalue weighted by atomic mass is 10.2. The van der Waals surface area contributed by atoms with Crippen molar-refractivity contribution in [3.8, 4) is 23.7 Å². The first-order valence-electron chi connectivity index (χ1n) is 6.49. The Labute approximate surface area is 110 Å². The highest BCUT2D eigenvalue weighted by molar-refractivity contribution is 5.33. The number of aromatic nitrogens is 1. The third kappa shape index (κ3) is 7.31. The highest BCUT2D eigenvalue weighted by Crippen LogP contribution is 2.00. The molecule has 1 nitrogen and oxygen atoms in total. The monoisotopic (exact) mass is 237 g/mol. The lowest BCUT2D eigenvalue weighted by molar-refractivity contribution is 0.679. The van der Waals surface area contributed by atoms with Gasteiger partial charge in [-0.15, -0.1) is 0 Å². The van der Waals surface area contributed by atoms with Gasteiger partial charge in [-0.3, -0.25) is 0 Å². The van der Waals surface area contributed by atoms with Gasteiger partial charge in [0.15, 0.2) is 0 Å². The van der Waals surface area contributed by atoms with E-state index < -0.39 is 0 Å². The van der Waals surface area contributed by atoms with Gasteiger partial charge >= 0.3 is 0 Å². The van der Waals surface area contributed by atoms with Gasteiger partial charge in [-0.25, -0.2) is 4.98 Å². The number of rotatable bonds is 4. The van der Waals surface area contributed by atoms with Crippen LogP contribution in [0.2, 0.25) is 0 Å². The molecule has 0 N–H and O–H groups in total. The van der Waals surface area contributed by atoms with Crippen LogP contribution in [0, 0.1) is 23.7 Å². The van der Waals surface area contributed by atoms with Crippen molar-refractivity contribution in [1.29, 1.82) is 0 Å². The molecule has 0 aliphatic carbocycles. The van der Waals surface area contributed by atoms with Crippen molar-refractivity contribution in [2.45, 2.75) is 39.0 Å². The van der Waals surface area contributed by atoms with Crippen LogP contribution in [0.4, 0.5) is 0 Å². The fourth-order valence-corrected chi connectivity index (χ4v) is 1.41. The summed E-state index contributed by atoms with van der Waals surface area (Å²) in [7, 11) is 0. The van der Waals surface area contributed by atoms with Crippen LogP contribution in [0.5, 0.6) is 0 Å². The van der Waals surface area contributed by atoms with Crippen LogP contribution in [-0.2, 0) is 0 Å². The van der Waals surface area contributed by atoms with Gasteiger partial charge in [0.25, 0.3) is 0 Å². The zero-order valence-electron chi connectivity index (χ0n) is 10.9. The van der Waals surface area contributed by atoms with Crippen molar-refractivity contribution in [3.63, 3.8) is 0 Å². The molecule has 0 aliphatic rings. The van der Waals surface area contributed by atoms with Gasteiger partial charge in [0, 0.05) is 12.6 Å². The zero-order chi connectivity index (χ0) is 12.9. The average molecular weight is 237 g/mol. The molecule has 1 heteroatoms. The molecule has 0 atom stereocenters. The fourth-order valence-electron chi connectivity index (χ4n) is 1.41. The molecule has 0 saturated heterocycles. The van der Waals surface area contributed by atoms with Crippen molar-refractivity contribution in [3.05, 3.63) is 42.2 Å². The van der Waals surface area contributed by atoms with Crippen LogP contribution in [0.3, 0.4) is 0 Å². The van der Waals surface area contributed by atoms with E-state index in [0.29, 0.717) is 0 Å². The fraction of sp³-hybridized carbons (Fsp3) is 0.353. The van der Waals surface area contributed by atoms with E-state index in [1.54, 1.807) is 18.3 Å². The molecule has 0 unspecified atom stereocenters. The SMILES string of the molecule is CCCCCCC#C/C=C\C#Cc1ccccn1. The number of unbranched alkanes of at least 4 members (excludes halogenated alkanes) is 4. The lowest BCUT2D eigenvalue weighted by Crippen LogP contribution is -1.76. The highest BCUT2D eigenvalue weighted by atomic mass is 14.6. The molecule has 0 saturated carbocycles. The molecule has 0 bridgehead atoms. The smallest absolute Gasteiger partial charge is 0.113 e. The van der Waals surface area contributed by atoms with Crippen LogP contribution < -0.4 is 0 Å². The Kier molecular flexibility index (Phi) is 7.96. The van der Waals surface area contributed by atoms with Crippen molar-refractivity contribution >= 4 is 0 Å². The average Bonchev–Trinajstić information content (AvgIpc) is 2.42. The Morgan fingerprint density at radius 2 is 2.00 bits per heavy atom. The van der Waals surface area contributed by atoms with Gasteiger partial charge in [-0.05, 0) is 36.6 Å². The maximum atomic E-state index is 4.11. The quantitative estimate of drug-likeness (QED) is 0.570.